The van der Waals surface area contributed by atoms with E-state index in [1.807, 2.05) is 0 Å². The third-order valence-electron chi connectivity index (χ3n) is 4.58. The summed E-state index contributed by atoms with van der Waals surface area (Å²) in [5, 5.41) is 13.0. The normalized spacial score (nSPS) is 30.6. The SMILES string of the molecule is OCC1CCCCC1NC1CCN(CC(F)(F)F)CC1. The highest BCUT2D eigenvalue weighted by atomic mass is 19.4. The van der Waals surface area contributed by atoms with Crippen LogP contribution in [0.3, 0.4) is 0 Å². The van der Waals surface area contributed by atoms with E-state index < -0.39 is 12.7 Å². The zero-order chi connectivity index (χ0) is 14.6. The van der Waals surface area contributed by atoms with Crippen LogP contribution >= 0.6 is 0 Å². The van der Waals surface area contributed by atoms with Crippen LogP contribution < -0.4 is 5.32 Å². The van der Waals surface area contributed by atoms with Crippen molar-refractivity contribution in [3.05, 3.63) is 0 Å². The zero-order valence-corrected chi connectivity index (χ0v) is 11.8. The highest BCUT2D eigenvalue weighted by molar-refractivity contribution is 4.86. The number of hydrogen-bond acceptors (Lipinski definition) is 3. The Morgan fingerprint density at radius 2 is 1.70 bits per heavy atom. The second kappa shape index (κ2) is 7.09. The maximum atomic E-state index is 12.3. The summed E-state index contributed by atoms with van der Waals surface area (Å²) in [6, 6.07) is 0.643. The van der Waals surface area contributed by atoms with Crippen molar-refractivity contribution in [2.75, 3.05) is 26.2 Å². The zero-order valence-electron chi connectivity index (χ0n) is 11.8. The highest BCUT2D eigenvalue weighted by Crippen LogP contribution is 2.26. The lowest BCUT2D eigenvalue weighted by Crippen LogP contribution is -2.51. The van der Waals surface area contributed by atoms with Gasteiger partial charge in [0.15, 0.2) is 0 Å². The van der Waals surface area contributed by atoms with E-state index in [9.17, 15) is 18.3 Å². The monoisotopic (exact) mass is 294 g/mol. The average molecular weight is 294 g/mol. The lowest BCUT2D eigenvalue weighted by Gasteiger charge is -2.38. The van der Waals surface area contributed by atoms with Crippen LogP contribution in [0.2, 0.25) is 0 Å². The number of likely N-dealkylation sites (tertiary alicyclic amines) is 1. The first-order valence-corrected chi connectivity index (χ1v) is 7.64. The summed E-state index contributed by atoms with van der Waals surface area (Å²) in [7, 11) is 0. The van der Waals surface area contributed by atoms with E-state index in [2.05, 4.69) is 5.32 Å². The van der Waals surface area contributed by atoms with Gasteiger partial charge in [-0.25, -0.2) is 0 Å². The Bertz CT molecular complexity index is 291. The highest BCUT2D eigenvalue weighted by Gasteiger charge is 2.33. The third-order valence-corrected chi connectivity index (χ3v) is 4.58. The van der Waals surface area contributed by atoms with Crippen LogP contribution in [0, 0.1) is 5.92 Å². The molecular formula is C14H25F3N2O. The van der Waals surface area contributed by atoms with Crippen LogP contribution in [0.1, 0.15) is 38.5 Å². The van der Waals surface area contributed by atoms with Crippen LogP contribution in [0.4, 0.5) is 13.2 Å². The number of alkyl halides is 3. The molecule has 1 saturated carbocycles. The van der Waals surface area contributed by atoms with Gasteiger partial charge in [-0.3, -0.25) is 4.90 Å². The van der Waals surface area contributed by atoms with Crippen molar-refractivity contribution < 1.29 is 18.3 Å². The molecule has 2 aliphatic rings. The standard InChI is InChI=1S/C14H25F3N2O/c15-14(16,17)10-19-7-5-12(6-8-19)18-13-4-2-1-3-11(13)9-20/h11-13,18,20H,1-10H2. The number of rotatable bonds is 4. The minimum absolute atomic E-state index is 0.213. The number of halogens is 3. The lowest BCUT2D eigenvalue weighted by atomic mass is 9.84. The van der Waals surface area contributed by atoms with Crippen LogP contribution in [0.25, 0.3) is 0 Å². The summed E-state index contributed by atoms with van der Waals surface area (Å²) >= 11 is 0. The number of piperidine rings is 1. The molecule has 2 unspecified atom stereocenters. The number of aliphatic hydroxyl groups excluding tert-OH is 1. The molecule has 0 aromatic rings. The van der Waals surface area contributed by atoms with Crippen LogP contribution in [0.15, 0.2) is 0 Å². The topological polar surface area (TPSA) is 35.5 Å². The Labute approximate surface area is 118 Å². The Hall–Kier alpha value is -0.330. The predicted molar refractivity (Wildman–Crippen MR) is 71.5 cm³/mol. The number of nitrogens with one attached hydrogen (secondary N) is 1. The molecule has 1 saturated heterocycles. The number of hydrogen-bond donors (Lipinski definition) is 2. The summed E-state index contributed by atoms with van der Waals surface area (Å²) < 4.78 is 37.0. The van der Waals surface area contributed by atoms with Gasteiger partial charge in [-0.2, -0.15) is 13.2 Å². The molecule has 0 aromatic heterocycles. The quantitative estimate of drug-likeness (QED) is 0.834. The van der Waals surface area contributed by atoms with E-state index >= 15 is 0 Å². The smallest absolute Gasteiger partial charge is 0.396 e. The molecule has 20 heavy (non-hydrogen) atoms. The van der Waals surface area contributed by atoms with Crippen LogP contribution in [-0.4, -0.2) is 54.5 Å². The molecule has 0 radical (unpaired) electrons. The van der Waals surface area contributed by atoms with Gasteiger partial charge in [0.05, 0.1) is 6.54 Å². The molecule has 3 nitrogen and oxygen atoms in total. The fourth-order valence-corrected chi connectivity index (χ4v) is 3.46. The van der Waals surface area contributed by atoms with Gasteiger partial charge in [-0.05, 0) is 44.7 Å². The van der Waals surface area contributed by atoms with Gasteiger partial charge in [-0.1, -0.05) is 12.8 Å². The van der Waals surface area contributed by atoms with Gasteiger partial charge in [-0.15, -0.1) is 0 Å². The van der Waals surface area contributed by atoms with Crippen molar-refractivity contribution in [2.24, 2.45) is 5.92 Å². The molecule has 0 amide bonds. The maximum absolute atomic E-state index is 12.3. The van der Waals surface area contributed by atoms with Crippen molar-refractivity contribution in [1.29, 1.82) is 0 Å². The molecule has 1 heterocycles. The first-order chi connectivity index (χ1) is 9.48. The first kappa shape index (κ1) is 16.0. The fraction of sp³-hybridized carbons (Fsp3) is 1.00. The molecule has 118 valence electrons. The van der Waals surface area contributed by atoms with E-state index in [1.165, 1.54) is 17.7 Å². The van der Waals surface area contributed by atoms with E-state index in [-0.39, 0.29) is 6.61 Å². The van der Waals surface area contributed by atoms with Crippen molar-refractivity contribution >= 4 is 0 Å². The minimum Gasteiger partial charge on any atom is -0.396 e. The molecule has 2 N–H and O–H groups in total. The van der Waals surface area contributed by atoms with Gasteiger partial charge < -0.3 is 10.4 Å². The Morgan fingerprint density at radius 3 is 2.30 bits per heavy atom. The first-order valence-electron chi connectivity index (χ1n) is 7.64. The molecule has 1 aliphatic heterocycles. The Morgan fingerprint density at radius 1 is 1.05 bits per heavy atom. The molecule has 2 atom stereocenters. The molecule has 1 aliphatic carbocycles. The van der Waals surface area contributed by atoms with E-state index in [0.717, 1.165) is 25.7 Å². The van der Waals surface area contributed by atoms with Crippen LogP contribution in [-0.2, 0) is 0 Å². The summed E-state index contributed by atoms with van der Waals surface area (Å²) in [5.74, 6) is 0.317. The largest absolute Gasteiger partial charge is 0.401 e. The van der Waals surface area contributed by atoms with Crippen molar-refractivity contribution in [2.45, 2.75) is 56.8 Å². The lowest BCUT2D eigenvalue weighted by molar-refractivity contribution is -0.148. The molecule has 2 fully saturated rings. The van der Waals surface area contributed by atoms with Gasteiger partial charge >= 0.3 is 6.18 Å². The van der Waals surface area contributed by atoms with E-state index in [1.54, 1.807) is 0 Å². The molecular weight excluding hydrogens is 269 g/mol. The Balaban J connectivity index is 1.73. The number of aliphatic hydroxyl groups is 1. The predicted octanol–water partition coefficient (Wildman–Crippen LogP) is 2.15. The molecule has 2 rings (SSSR count). The molecule has 6 heteroatoms. The Kier molecular flexibility index (Phi) is 5.69. The molecule has 0 spiro atoms. The second-order valence-corrected chi connectivity index (χ2v) is 6.17. The maximum Gasteiger partial charge on any atom is 0.401 e. The van der Waals surface area contributed by atoms with Crippen molar-refractivity contribution in [3.63, 3.8) is 0 Å². The average Bonchev–Trinajstić information content (AvgIpc) is 2.40. The summed E-state index contributed by atoms with van der Waals surface area (Å²) in [6.45, 7) is 0.439. The van der Waals surface area contributed by atoms with Crippen molar-refractivity contribution in [3.8, 4) is 0 Å². The van der Waals surface area contributed by atoms with Gasteiger partial charge in [0.2, 0.25) is 0 Å². The second-order valence-electron chi connectivity index (χ2n) is 6.17. The van der Waals surface area contributed by atoms with E-state index in [0.29, 0.717) is 31.1 Å². The minimum atomic E-state index is -4.09. The summed E-state index contributed by atoms with van der Waals surface area (Å²) in [6.07, 6.45) is 1.94. The van der Waals surface area contributed by atoms with Crippen LogP contribution in [0.5, 0.6) is 0 Å². The summed E-state index contributed by atoms with van der Waals surface area (Å²) in [4.78, 5) is 1.49. The van der Waals surface area contributed by atoms with Gasteiger partial charge in [0, 0.05) is 18.7 Å². The fourth-order valence-electron chi connectivity index (χ4n) is 3.46. The van der Waals surface area contributed by atoms with E-state index in [4.69, 9.17) is 0 Å². The third kappa shape index (κ3) is 4.90. The summed E-state index contributed by atoms with van der Waals surface area (Å²) in [5.41, 5.74) is 0. The molecule has 0 aromatic carbocycles. The van der Waals surface area contributed by atoms with Gasteiger partial charge in [0.1, 0.15) is 0 Å². The van der Waals surface area contributed by atoms with Gasteiger partial charge in [0.25, 0.3) is 0 Å². The van der Waals surface area contributed by atoms with Crippen molar-refractivity contribution in [1.82, 2.24) is 10.2 Å². The number of nitrogens with zero attached hydrogens (tertiary/aromatic N) is 1. The molecule has 0 bridgehead atoms.